The second kappa shape index (κ2) is 7.80. The van der Waals surface area contributed by atoms with Crippen molar-refractivity contribution in [2.24, 2.45) is 5.92 Å². The van der Waals surface area contributed by atoms with E-state index in [1.54, 1.807) is 23.2 Å². The molecule has 2 heterocycles. The average Bonchev–Trinajstić information content (AvgIpc) is 3.20. The number of fused-ring (bicyclic) bond motifs is 1. The molecule has 0 radical (unpaired) electrons. The van der Waals surface area contributed by atoms with Gasteiger partial charge in [0.15, 0.2) is 0 Å². The molecule has 1 aromatic heterocycles. The van der Waals surface area contributed by atoms with Gasteiger partial charge in [0.2, 0.25) is 11.8 Å². The summed E-state index contributed by atoms with van der Waals surface area (Å²) in [6.07, 6.45) is 3.44. The lowest BCUT2D eigenvalue weighted by atomic mass is 9.96. The van der Waals surface area contributed by atoms with Crippen molar-refractivity contribution in [1.29, 1.82) is 0 Å². The fourth-order valence-electron chi connectivity index (χ4n) is 3.61. The molecule has 0 bridgehead atoms. The number of benzene rings is 2. The quantitative estimate of drug-likeness (QED) is 0.730. The molecule has 0 unspecified atom stereocenters. The monoisotopic (exact) mass is 380 g/mol. The third-order valence-corrected chi connectivity index (χ3v) is 5.15. The average molecular weight is 380 g/mol. The molecule has 2 aromatic carbocycles. The Bertz CT molecular complexity index is 999. The first-order valence-corrected chi connectivity index (χ1v) is 9.35. The van der Waals surface area contributed by atoms with Gasteiger partial charge >= 0.3 is 0 Å². The number of H-pyrrole nitrogens is 1. The van der Waals surface area contributed by atoms with Crippen LogP contribution in [0.2, 0.25) is 0 Å². The summed E-state index contributed by atoms with van der Waals surface area (Å²) in [5.41, 5.74) is 2.24. The molecule has 0 saturated carbocycles. The standard InChI is InChI=1S/C21H21FN4O2/c22-17-8-6-14(7-9-17)11-19(27)26-10-2-4-16(13-26)21(28)24-18-5-1-3-15-12-23-25-20(15)18/h1,3,5-9,12,16H,2,4,10-11,13H2,(H,23,25)(H,24,28)/t16-/m0/s1. The number of para-hydroxylation sites is 1. The Labute approximate surface area is 161 Å². The number of halogens is 1. The molecular formula is C21H21FN4O2. The van der Waals surface area contributed by atoms with Gasteiger partial charge in [-0.25, -0.2) is 4.39 Å². The van der Waals surface area contributed by atoms with Gasteiger partial charge in [0.05, 0.1) is 29.7 Å². The highest BCUT2D eigenvalue weighted by Crippen LogP contribution is 2.24. The molecule has 0 aliphatic carbocycles. The number of carbonyl (C=O) groups excluding carboxylic acids is 2. The Morgan fingerprint density at radius 3 is 2.86 bits per heavy atom. The van der Waals surface area contributed by atoms with Gasteiger partial charge in [0, 0.05) is 18.5 Å². The zero-order chi connectivity index (χ0) is 19.5. The molecule has 2 N–H and O–H groups in total. The van der Waals surface area contributed by atoms with Crippen LogP contribution in [-0.2, 0) is 16.0 Å². The highest BCUT2D eigenvalue weighted by molar-refractivity contribution is 6.01. The van der Waals surface area contributed by atoms with Crippen molar-refractivity contribution in [2.45, 2.75) is 19.3 Å². The summed E-state index contributed by atoms with van der Waals surface area (Å²) in [7, 11) is 0. The van der Waals surface area contributed by atoms with E-state index < -0.39 is 0 Å². The summed E-state index contributed by atoms with van der Waals surface area (Å²) < 4.78 is 13.0. The number of hydrogen-bond donors (Lipinski definition) is 2. The number of nitrogens with zero attached hydrogens (tertiary/aromatic N) is 2. The van der Waals surface area contributed by atoms with Gasteiger partial charge in [-0.3, -0.25) is 14.7 Å². The number of hydrogen-bond acceptors (Lipinski definition) is 3. The maximum Gasteiger partial charge on any atom is 0.229 e. The zero-order valence-electron chi connectivity index (χ0n) is 15.3. The molecule has 6 nitrogen and oxygen atoms in total. The van der Waals surface area contributed by atoms with Crippen LogP contribution in [0, 0.1) is 11.7 Å². The molecule has 2 amide bonds. The summed E-state index contributed by atoms with van der Waals surface area (Å²) >= 11 is 0. The van der Waals surface area contributed by atoms with Gasteiger partial charge < -0.3 is 10.2 Å². The predicted octanol–water partition coefficient (Wildman–Crippen LogP) is 3.12. The highest BCUT2D eigenvalue weighted by atomic mass is 19.1. The van der Waals surface area contributed by atoms with Gasteiger partial charge in [0.25, 0.3) is 0 Å². The number of nitrogens with one attached hydrogen (secondary N) is 2. The first kappa shape index (κ1) is 18.2. The minimum atomic E-state index is -0.321. The van der Waals surface area contributed by atoms with Crippen LogP contribution in [-0.4, -0.2) is 40.0 Å². The Morgan fingerprint density at radius 2 is 2.04 bits per heavy atom. The van der Waals surface area contributed by atoms with Gasteiger partial charge in [0.1, 0.15) is 5.82 Å². The number of amides is 2. The van der Waals surface area contributed by atoms with Crippen LogP contribution in [0.5, 0.6) is 0 Å². The zero-order valence-corrected chi connectivity index (χ0v) is 15.3. The van der Waals surface area contributed by atoms with Crippen molar-refractivity contribution in [3.05, 3.63) is 60.0 Å². The first-order valence-electron chi connectivity index (χ1n) is 9.35. The van der Waals surface area contributed by atoms with Crippen LogP contribution in [0.25, 0.3) is 10.9 Å². The molecule has 1 saturated heterocycles. The summed E-state index contributed by atoms with van der Waals surface area (Å²) in [5.74, 6) is -0.719. The molecule has 1 atom stereocenters. The third kappa shape index (κ3) is 3.88. The molecule has 1 aliphatic rings. The number of anilines is 1. The van der Waals surface area contributed by atoms with Crippen molar-refractivity contribution in [2.75, 3.05) is 18.4 Å². The van der Waals surface area contributed by atoms with E-state index in [-0.39, 0.29) is 30.0 Å². The Kier molecular flexibility index (Phi) is 5.06. The number of carbonyl (C=O) groups is 2. The topological polar surface area (TPSA) is 78.1 Å². The van der Waals surface area contributed by atoms with E-state index in [9.17, 15) is 14.0 Å². The minimum absolute atomic E-state index is 0.0419. The van der Waals surface area contributed by atoms with E-state index in [2.05, 4.69) is 15.5 Å². The van der Waals surface area contributed by atoms with Crippen molar-refractivity contribution in [1.82, 2.24) is 15.1 Å². The number of likely N-dealkylation sites (tertiary alicyclic amines) is 1. The van der Waals surface area contributed by atoms with Gasteiger partial charge in [-0.1, -0.05) is 24.3 Å². The summed E-state index contributed by atoms with van der Waals surface area (Å²) in [6, 6.07) is 11.6. The third-order valence-electron chi connectivity index (χ3n) is 5.15. The van der Waals surface area contributed by atoms with E-state index in [0.29, 0.717) is 18.8 Å². The Morgan fingerprint density at radius 1 is 1.21 bits per heavy atom. The van der Waals surface area contributed by atoms with Crippen molar-refractivity contribution >= 4 is 28.4 Å². The maximum atomic E-state index is 13.0. The molecule has 1 aliphatic heterocycles. The molecule has 144 valence electrons. The number of rotatable bonds is 4. The first-order chi connectivity index (χ1) is 13.6. The summed E-state index contributed by atoms with van der Waals surface area (Å²) in [4.78, 5) is 27.1. The van der Waals surface area contributed by atoms with E-state index >= 15 is 0 Å². The van der Waals surface area contributed by atoms with Crippen molar-refractivity contribution in [3.8, 4) is 0 Å². The van der Waals surface area contributed by atoms with Crippen LogP contribution in [0.15, 0.2) is 48.7 Å². The molecule has 1 fully saturated rings. The lowest BCUT2D eigenvalue weighted by Crippen LogP contribution is -2.44. The fourth-order valence-corrected chi connectivity index (χ4v) is 3.61. The van der Waals surface area contributed by atoms with Crippen LogP contribution >= 0.6 is 0 Å². The predicted molar refractivity (Wildman–Crippen MR) is 104 cm³/mol. The number of aromatic amines is 1. The van der Waals surface area contributed by atoms with Gasteiger partial charge in [-0.05, 0) is 36.6 Å². The molecule has 7 heteroatoms. The smallest absolute Gasteiger partial charge is 0.229 e. The van der Waals surface area contributed by atoms with Crippen LogP contribution in [0.3, 0.4) is 0 Å². The molecule has 3 aromatic rings. The molecular weight excluding hydrogens is 359 g/mol. The highest BCUT2D eigenvalue weighted by Gasteiger charge is 2.28. The molecule has 0 spiro atoms. The lowest BCUT2D eigenvalue weighted by molar-refractivity contribution is -0.133. The largest absolute Gasteiger partial charge is 0.342 e. The van der Waals surface area contributed by atoms with Crippen LogP contribution in [0.4, 0.5) is 10.1 Å². The minimum Gasteiger partial charge on any atom is -0.342 e. The number of aromatic nitrogens is 2. The van der Waals surface area contributed by atoms with Gasteiger partial charge in [-0.15, -0.1) is 0 Å². The van der Waals surface area contributed by atoms with Crippen LogP contribution < -0.4 is 5.32 Å². The van der Waals surface area contributed by atoms with Gasteiger partial charge in [-0.2, -0.15) is 5.10 Å². The van der Waals surface area contributed by atoms with E-state index in [1.165, 1.54) is 12.1 Å². The van der Waals surface area contributed by atoms with Crippen molar-refractivity contribution in [3.63, 3.8) is 0 Å². The van der Waals surface area contributed by atoms with E-state index in [4.69, 9.17) is 0 Å². The SMILES string of the molecule is O=C(Nc1cccc2cn[nH]c12)[C@H]1CCCN(C(=O)Cc2ccc(F)cc2)C1. The number of piperidine rings is 1. The Balaban J connectivity index is 1.40. The lowest BCUT2D eigenvalue weighted by Gasteiger charge is -2.32. The van der Waals surface area contributed by atoms with Crippen molar-refractivity contribution < 1.29 is 14.0 Å². The van der Waals surface area contributed by atoms with E-state index in [0.717, 1.165) is 29.3 Å². The van der Waals surface area contributed by atoms with Crippen LogP contribution in [0.1, 0.15) is 18.4 Å². The normalized spacial score (nSPS) is 16.9. The van der Waals surface area contributed by atoms with E-state index in [1.807, 2.05) is 18.2 Å². The second-order valence-electron chi connectivity index (χ2n) is 7.11. The fraction of sp³-hybridized carbons (Fsp3) is 0.286. The molecule has 28 heavy (non-hydrogen) atoms. The summed E-state index contributed by atoms with van der Waals surface area (Å²) in [6.45, 7) is 1.03. The maximum absolute atomic E-state index is 13.0. The second-order valence-corrected chi connectivity index (χ2v) is 7.11. The Hall–Kier alpha value is -3.22. The summed E-state index contributed by atoms with van der Waals surface area (Å²) in [5, 5.41) is 10.8. The molecule has 4 rings (SSSR count).